The minimum Gasteiger partial charge on any atom is -0.197 e. The maximum Gasteiger partial charge on any atom is 0.133 e. The van der Waals surface area contributed by atoms with Gasteiger partial charge in [-0.3, -0.25) is 0 Å². The van der Waals surface area contributed by atoms with Gasteiger partial charge in [-0.05, 0) is 25.3 Å². The summed E-state index contributed by atoms with van der Waals surface area (Å²) in [6.07, 6.45) is 5.41. The standard InChI is InChI=1S/C10H12N2/c1-2-3-4-5-6-7-10(8-11)9-12/h3,10H,1,4-7H2. The van der Waals surface area contributed by atoms with Gasteiger partial charge in [0.15, 0.2) is 0 Å². The van der Waals surface area contributed by atoms with Crippen LogP contribution in [0.1, 0.15) is 25.7 Å². The highest BCUT2D eigenvalue weighted by Crippen LogP contribution is 2.07. The van der Waals surface area contributed by atoms with Crippen molar-refractivity contribution in [1.82, 2.24) is 0 Å². The molecule has 0 saturated heterocycles. The minimum atomic E-state index is -0.433. The Kier molecular flexibility index (Phi) is 6.65. The first-order valence-corrected chi connectivity index (χ1v) is 3.98. The molecule has 0 unspecified atom stereocenters. The average Bonchev–Trinajstić information content (AvgIpc) is 2.11. The van der Waals surface area contributed by atoms with Gasteiger partial charge < -0.3 is 0 Å². The molecular weight excluding hydrogens is 148 g/mol. The van der Waals surface area contributed by atoms with E-state index in [0.29, 0.717) is 6.42 Å². The van der Waals surface area contributed by atoms with Gasteiger partial charge in [0.1, 0.15) is 5.92 Å². The summed E-state index contributed by atoms with van der Waals surface area (Å²) in [5.41, 5.74) is 2.68. The predicted octanol–water partition coefficient (Wildman–Crippen LogP) is 2.55. The van der Waals surface area contributed by atoms with Crippen molar-refractivity contribution in [1.29, 1.82) is 10.5 Å². The molecule has 2 nitrogen and oxygen atoms in total. The van der Waals surface area contributed by atoms with Crippen molar-refractivity contribution in [2.75, 3.05) is 0 Å². The van der Waals surface area contributed by atoms with Crippen LogP contribution in [0, 0.1) is 28.6 Å². The normalized spacial score (nSPS) is 8.25. The number of hydrogen-bond acceptors (Lipinski definition) is 2. The molecule has 0 atom stereocenters. The Morgan fingerprint density at radius 1 is 1.25 bits per heavy atom. The van der Waals surface area contributed by atoms with Crippen molar-refractivity contribution < 1.29 is 0 Å². The molecule has 0 fully saturated rings. The highest BCUT2D eigenvalue weighted by molar-refractivity contribution is 4.98. The zero-order chi connectivity index (χ0) is 9.23. The zero-order valence-corrected chi connectivity index (χ0v) is 7.08. The lowest BCUT2D eigenvalue weighted by atomic mass is 10.0. The second-order valence-corrected chi connectivity index (χ2v) is 2.50. The molecule has 0 rings (SSSR count). The van der Waals surface area contributed by atoms with Crippen molar-refractivity contribution in [3.63, 3.8) is 0 Å². The van der Waals surface area contributed by atoms with E-state index < -0.39 is 5.92 Å². The molecule has 0 aromatic rings. The third-order valence-electron chi connectivity index (χ3n) is 1.55. The number of rotatable bonds is 5. The van der Waals surface area contributed by atoms with Gasteiger partial charge in [0.2, 0.25) is 0 Å². The van der Waals surface area contributed by atoms with E-state index in [0.717, 1.165) is 19.3 Å². The predicted molar refractivity (Wildman–Crippen MR) is 46.9 cm³/mol. The molecule has 0 amide bonds. The van der Waals surface area contributed by atoms with E-state index in [4.69, 9.17) is 10.5 Å². The van der Waals surface area contributed by atoms with Gasteiger partial charge in [0.05, 0.1) is 12.1 Å². The van der Waals surface area contributed by atoms with Crippen LogP contribution in [0.15, 0.2) is 18.4 Å². The van der Waals surface area contributed by atoms with E-state index in [1.807, 2.05) is 18.2 Å². The van der Waals surface area contributed by atoms with E-state index in [2.05, 4.69) is 12.3 Å². The Labute approximate surface area is 73.4 Å². The zero-order valence-electron chi connectivity index (χ0n) is 7.08. The monoisotopic (exact) mass is 160 g/mol. The summed E-state index contributed by atoms with van der Waals surface area (Å²) in [6, 6.07) is 3.89. The molecule has 0 aromatic heterocycles. The number of allylic oxidation sites excluding steroid dienone is 1. The maximum atomic E-state index is 8.43. The van der Waals surface area contributed by atoms with Gasteiger partial charge in [0.25, 0.3) is 0 Å². The van der Waals surface area contributed by atoms with E-state index in [1.165, 1.54) is 0 Å². The number of nitrogens with zero attached hydrogens (tertiary/aromatic N) is 2. The topological polar surface area (TPSA) is 47.6 Å². The Morgan fingerprint density at radius 2 is 1.92 bits per heavy atom. The smallest absolute Gasteiger partial charge is 0.133 e. The molecule has 0 heterocycles. The van der Waals surface area contributed by atoms with Gasteiger partial charge in [0, 0.05) is 0 Å². The van der Waals surface area contributed by atoms with E-state index in [9.17, 15) is 0 Å². The molecule has 0 aliphatic heterocycles. The van der Waals surface area contributed by atoms with E-state index in [-0.39, 0.29) is 0 Å². The van der Waals surface area contributed by atoms with Crippen LogP contribution in [0.4, 0.5) is 0 Å². The molecule has 0 bridgehead atoms. The lowest BCUT2D eigenvalue weighted by Crippen LogP contribution is -1.91. The summed E-state index contributed by atoms with van der Waals surface area (Å²) in [6.45, 7) is 3.44. The molecule has 12 heavy (non-hydrogen) atoms. The molecule has 62 valence electrons. The molecule has 0 N–H and O–H groups in total. The van der Waals surface area contributed by atoms with E-state index in [1.54, 1.807) is 0 Å². The Morgan fingerprint density at radius 3 is 2.42 bits per heavy atom. The maximum absolute atomic E-state index is 8.43. The summed E-state index contributed by atoms with van der Waals surface area (Å²) < 4.78 is 0. The Hall–Kier alpha value is -1.50. The third kappa shape index (κ3) is 5.30. The van der Waals surface area contributed by atoms with Crippen LogP contribution >= 0.6 is 0 Å². The molecule has 2 heteroatoms. The van der Waals surface area contributed by atoms with Crippen LogP contribution in [0.25, 0.3) is 0 Å². The second-order valence-electron chi connectivity index (χ2n) is 2.50. The lowest BCUT2D eigenvalue weighted by Gasteiger charge is -1.96. The van der Waals surface area contributed by atoms with Crippen LogP contribution in [-0.4, -0.2) is 0 Å². The number of unbranched alkanes of at least 4 members (excludes halogenated alkanes) is 2. The summed E-state index contributed by atoms with van der Waals surface area (Å²) in [7, 11) is 0. The minimum absolute atomic E-state index is 0.433. The third-order valence-corrected chi connectivity index (χ3v) is 1.55. The molecule has 0 aliphatic rings. The van der Waals surface area contributed by atoms with Gasteiger partial charge >= 0.3 is 0 Å². The van der Waals surface area contributed by atoms with Crippen molar-refractivity contribution in [2.24, 2.45) is 5.92 Å². The van der Waals surface area contributed by atoms with Crippen molar-refractivity contribution >= 4 is 0 Å². The SMILES string of the molecule is C=C=CCCCCC(C#N)C#N. The van der Waals surface area contributed by atoms with Crippen LogP contribution in [0.5, 0.6) is 0 Å². The highest BCUT2D eigenvalue weighted by Gasteiger charge is 2.02. The number of nitriles is 2. The first kappa shape index (κ1) is 10.5. The summed E-state index contributed by atoms with van der Waals surface area (Å²) >= 11 is 0. The van der Waals surface area contributed by atoms with Crippen molar-refractivity contribution in [3.05, 3.63) is 18.4 Å². The first-order valence-electron chi connectivity index (χ1n) is 3.98. The molecule has 0 aromatic carbocycles. The van der Waals surface area contributed by atoms with Crippen LogP contribution < -0.4 is 0 Å². The average molecular weight is 160 g/mol. The van der Waals surface area contributed by atoms with Crippen molar-refractivity contribution in [3.8, 4) is 12.1 Å². The number of hydrogen-bond donors (Lipinski definition) is 0. The molecular formula is C10H12N2. The molecule has 0 saturated carbocycles. The quantitative estimate of drug-likeness (QED) is 0.458. The fraction of sp³-hybridized carbons (Fsp3) is 0.500. The van der Waals surface area contributed by atoms with E-state index >= 15 is 0 Å². The van der Waals surface area contributed by atoms with Gasteiger partial charge in [-0.2, -0.15) is 10.5 Å². The largest absolute Gasteiger partial charge is 0.197 e. The van der Waals surface area contributed by atoms with Gasteiger partial charge in [-0.1, -0.05) is 13.0 Å². The lowest BCUT2D eigenvalue weighted by molar-refractivity contribution is 0.638. The van der Waals surface area contributed by atoms with Crippen molar-refractivity contribution in [2.45, 2.75) is 25.7 Å². The summed E-state index contributed by atoms with van der Waals surface area (Å²) in [5.74, 6) is -0.433. The van der Waals surface area contributed by atoms with Gasteiger partial charge in [-0.15, -0.1) is 5.73 Å². The summed E-state index contributed by atoms with van der Waals surface area (Å²) in [4.78, 5) is 0. The molecule has 0 spiro atoms. The Bertz CT molecular complexity index is 222. The van der Waals surface area contributed by atoms with Gasteiger partial charge in [-0.25, -0.2) is 0 Å². The van der Waals surface area contributed by atoms with Crippen LogP contribution in [0.3, 0.4) is 0 Å². The van der Waals surface area contributed by atoms with Crippen LogP contribution in [0.2, 0.25) is 0 Å². The first-order chi connectivity index (χ1) is 5.85. The molecule has 0 aliphatic carbocycles. The molecule has 0 radical (unpaired) electrons. The fourth-order valence-electron chi connectivity index (χ4n) is 0.855. The van der Waals surface area contributed by atoms with Crippen LogP contribution in [-0.2, 0) is 0 Å². The second kappa shape index (κ2) is 7.61. The summed E-state index contributed by atoms with van der Waals surface area (Å²) in [5, 5.41) is 16.9. The highest BCUT2D eigenvalue weighted by atomic mass is 14.3. The Balaban J connectivity index is 3.38. The fourth-order valence-corrected chi connectivity index (χ4v) is 0.855.